The topological polar surface area (TPSA) is 60.0 Å². The van der Waals surface area contributed by atoms with Crippen LogP contribution in [0, 0.1) is 5.41 Å². The molecule has 2 heterocycles. The number of hydrogen-bond acceptors (Lipinski definition) is 4. The van der Waals surface area contributed by atoms with Gasteiger partial charge in [0.15, 0.2) is 0 Å². The molecule has 5 nitrogen and oxygen atoms in total. The molecule has 1 aromatic heterocycles. The van der Waals surface area contributed by atoms with Crippen molar-refractivity contribution in [2.24, 2.45) is 11.1 Å². The van der Waals surface area contributed by atoms with Crippen LogP contribution in [0.5, 0.6) is 0 Å². The first kappa shape index (κ1) is 15.4. The fourth-order valence-corrected chi connectivity index (χ4v) is 2.89. The van der Waals surface area contributed by atoms with Gasteiger partial charge < -0.3 is 10.3 Å². The molecule has 1 aromatic rings. The smallest absolute Gasteiger partial charge is 0.147 e. The van der Waals surface area contributed by atoms with E-state index >= 15 is 0 Å². The predicted octanol–water partition coefficient (Wildman–Crippen LogP) is 1.81. The first-order chi connectivity index (χ1) is 9.55. The van der Waals surface area contributed by atoms with E-state index in [1.165, 1.54) is 18.7 Å². The van der Waals surface area contributed by atoms with Crippen molar-refractivity contribution in [3.63, 3.8) is 0 Å². The van der Waals surface area contributed by atoms with Crippen molar-refractivity contribution in [3.8, 4) is 0 Å². The maximum Gasteiger partial charge on any atom is 0.147 e. The summed E-state index contributed by atoms with van der Waals surface area (Å²) >= 11 is 0. The first-order valence-corrected chi connectivity index (χ1v) is 7.89. The van der Waals surface area contributed by atoms with Gasteiger partial charge in [-0.3, -0.25) is 4.90 Å². The lowest BCUT2D eigenvalue weighted by molar-refractivity contribution is 0.170. The molecule has 0 aliphatic carbocycles. The molecule has 0 saturated heterocycles. The van der Waals surface area contributed by atoms with E-state index in [1.807, 2.05) is 0 Å². The predicted molar refractivity (Wildman–Crippen MR) is 81.4 cm³/mol. The van der Waals surface area contributed by atoms with Gasteiger partial charge in [0, 0.05) is 19.5 Å². The summed E-state index contributed by atoms with van der Waals surface area (Å²) < 4.78 is 2.32. The van der Waals surface area contributed by atoms with Gasteiger partial charge in [-0.15, -0.1) is 10.2 Å². The molecule has 0 radical (unpaired) electrons. The van der Waals surface area contributed by atoms with E-state index in [-0.39, 0.29) is 5.41 Å². The summed E-state index contributed by atoms with van der Waals surface area (Å²) in [5.41, 5.74) is 6.03. The van der Waals surface area contributed by atoms with Crippen molar-refractivity contribution in [2.45, 2.75) is 59.5 Å². The van der Waals surface area contributed by atoms with Crippen LogP contribution in [0.3, 0.4) is 0 Å². The Labute approximate surface area is 122 Å². The zero-order valence-corrected chi connectivity index (χ0v) is 13.2. The molecule has 0 aromatic carbocycles. The Morgan fingerprint density at radius 2 is 2.10 bits per heavy atom. The van der Waals surface area contributed by atoms with Crippen LogP contribution in [-0.4, -0.2) is 39.3 Å². The van der Waals surface area contributed by atoms with Gasteiger partial charge >= 0.3 is 0 Å². The highest BCUT2D eigenvalue weighted by molar-refractivity contribution is 4.99. The van der Waals surface area contributed by atoms with E-state index < -0.39 is 0 Å². The van der Waals surface area contributed by atoms with Crippen molar-refractivity contribution in [3.05, 3.63) is 11.6 Å². The van der Waals surface area contributed by atoms with Gasteiger partial charge in [0.25, 0.3) is 0 Å². The van der Waals surface area contributed by atoms with Gasteiger partial charge in [-0.1, -0.05) is 20.8 Å². The molecule has 0 unspecified atom stereocenters. The average Bonchev–Trinajstić information content (AvgIpc) is 2.82. The minimum Gasteiger partial charge on any atom is -0.330 e. The van der Waals surface area contributed by atoms with Gasteiger partial charge in [0.2, 0.25) is 0 Å². The largest absolute Gasteiger partial charge is 0.330 e. The molecule has 5 heteroatoms. The van der Waals surface area contributed by atoms with Crippen LogP contribution in [0.25, 0.3) is 0 Å². The summed E-state index contributed by atoms with van der Waals surface area (Å²) in [5.74, 6) is 2.29. The van der Waals surface area contributed by atoms with E-state index in [4.69, 9.17) is 5.73 Å². The lowest BCUT2D eigenvalue weighted by atomic mass is 9.93. The van der Waals surface area contributed by atoms with Crippen molar-refractivity contribution in [2.75, 3.05) is 19.6 Å². The normalized spacial score (nSPS) is 15.7. The first-order valence-electron chi connectivity index (χ1n) is 7.89. The highest BCUT2D eigenvalue weighted by Crippen LogP contribution is 2.19. The fraction of sp³-hybridized carbons (Fsp3) is 0.867. The number of fused-ring (bicyclic) bond motifs is 1. The van der Waals surface area contributed by atoms with E-state index in [0.29, 0.717) is 6.54 Å². The molecule has 114 valence electrons. The average molecular weight is 279 g/mol. The van der Waals surface area contributed by atoms with Gasteiger partial charge in [-0.2, -0.15) is 0 Å². The van der Waals surface area contributed by atoms with Gasteiger partial charge in [0.1, 0.15) is 11.6 Å². The van der Waals surface area contributed by atoms with E-state index in [9.17, 15) is 0 Å². The number of aromatic nitrogens is 3. The van der Waals surface area contributed by atoms with Crippen molar-refractivity contribution < 1.29 is 0 Å². The van der Waals surface area contributed by atoms with Crippen LogP contribution in [0.1, 0.15) is 51.7 Å². The molecule has 2 rings (SSSR count). The quantitative estimate of drug-likeness (QED) is 0.827. The zero-order valence-electron chi connectivity index (χ0n) is 13.2. The number of rotatable bonds is 7. The van der Waals surface area contributed by atoms with Crippen LogP contribution in [0.4, 0.5) is 0 Å². The number of nitrogens with two attached hydrogens (primary N) is 1. The molecule has 1 aliphatic rings. The van der Waals surface area contributed by atoms with Crippen molar-refractivity contribution in [1.82, 2.24) is 19.7 Å². The van der Waals surface area contributed by atoms with Crippen LogP contribution in [-0.2, 0) is 19.5 Å². The Hall–Kier alpha value is -0.940. The van der Waals surface area contributed by atoms with Crippen LogP contribution in [0.15, 0.2) is 0 Å². The van der Waals surface area contributed by atoms with Crippen molar-refractivity contribution >= 4 is 0 Å². The molecule has 0 fully saturated rings. The number of hydrogen-bond donors (Lipinski definition) is 1. The maximum atomic E-state index is 5.88. The number of aryl methyl sites for hydroxylation is 1. The molecular weight excluding hydrogens is 250 g/mol. The lowest BCUT2D eigenvalue weighted by Gasteiger charge is -2.31. The third-order valence-corrected chi connectivity index (χ3v) is 4.05. The summed E-state index contributed by atoms with van der Waals surface area (Å²) in [5, 5.41) is 8.76. The molecule has 2 N–H and O–H groups in total. The van der Waals surface area contributed by atoms with E-state index in [0.717, 1.165) is 44.8 Å². The Bertz CT molecular complexity index is 424. The molecule has 0 spiro atoms. The second-order valence-electron chi connectivity index (χ2n) is 6.72. The fourth-order valence-electron chi connectivity index (χ4n) is 2.89. The second kappa shape index (κ2) is 6.68. The van der Waals surface area contributed by atoms with Gasteiger partial charge in [-0.25, -0.2) is 0 Å². The van der Waals surface area contributed by atoms with Crippen LogP contribution in [0.2, 0.25) is 0 Å². The molecule has 0 bridgehead atoms. The van der Waals surface area contributed by atoms with Crippen LogP contribution >= 0.6 is 0 Å². The summed E-state index contributed by atoms with van der Waals surface area (Å²) in [6, 6.07) is 0. The molecular formula is C15H29N5. The Balaban J connectivity index is 2.06. The summed E-state index contributed by atoms with van der Waals surface area (Å²) in [6.45, 7) is 11.5. The Morgan fingerprint density at radius 3 is 2.80 bits per heavy atom. The third kappa shape index (κ3) is 3.79. The Morgan fingerprint density at radius 1 is 1.30 bits per heavy atom. The standard InChI is InChI=1S/C15H29N5/c1-4-8-19(12-15(2,3)11-16)10-14-18-17-13-7-5-6-9-20(13)14/h4-12,16H2,1-3H3. The molecule has 1 aliphatic heterocycles. The third-order valence-electron chi connectivity index (χ3n) is 4.05. The summed E-state index contributed by atoms with van der Waals surface area (Å²) in [4.78, 5) is 2.47. The molecule has 0 amide bonds. The van der Waals surface area contributed by atoms with Crippen molar-refractivity contribution in [1.29, 1.82) is 0 Å². The Kier molecular flexibility index (Phi) is 5.16. The monoisotopic (exact) mass is 279 g/mol. The summed E-state index contributed by atoms with van der Waals surface area (Å²) in [6.07, 6.45) is 4.73. The van der Waals surface area contributed by atoms with Gasteiger partial charge in [-0.05, 0) is 37.8 Å². The molecule has 20 heavy (non-hydrogen) atoms. The SMILES string of the molecule is CCCN(Cc1nnc2n1CCCC2)CC(C)(C)CN. The highest BCUT2D eigenvalue weighted by Gasteiger charge is 2.22. The van der Waals surface area contributed by atoms with E-state index in [2.05, 4.69) is 40.4 Å². The van der Waals surface area contributed by atoms with Crippen LogP contribution < -0.4 is 5.73 Å². The second-order valence-corrected chi connectivity index (χ2v) is 6.72. The minimum absolute atomic E-state index is 0.153. The zero-order chi connectivity index (χ0) is 14.6. The lowest BCUT2D eigenvalue weighted by Crippen LogP contribution is -2.39. The maximum absolute atomic E-state index is 5.88. The summed E-state index contributed by atoms with van der Waals surface area (Å²) in [7, 11) is 0. The van der Waals surface area contributed by atoms with E-state index in [1.54, 1.807) is 0 Å². The highest BCUT2D eigenvalue weighted by atomic mass is 15.3. The number of nitrogens with zero attached hydrogens (tertiary/aromatic N) is 4. The van der Waals surface area contributed by atoms with Gasteiger partial charge in [0.05, 0.1) is 6.54 Å². The minimum atomic E-state index is 0.153. The molecule has 0 atom stereocenters. The molecule has 0 saturated carbocycles.